The molecule has 0 aliphatic carbocycles. The second-order valence-electron chi connectivity index (χ2n) is 5.71. The predicted molar refractivity (Wildman–Crippen MR) is 87.0 cm³/mol. The Morgan fingerprint density at radius 3 is 2.20 bits per heavy atom. The fourth-order valence-corrected chi connectivity index (χ4v) is 3.24. The van der Waals surface area contributed by atoms with E-state index in [1.165, 1.54) is 16.7 Å². The van der Waals surface area contributed by atoms with E-state index < -0.39 is 0 Å². The first-order valence-electron chi connectivity index (χ1n) is 7.52. The molecule has 20 heavy (non-hydrogen) atoms. The maximum Gasteiger partial charge on any atom is 0.0118 e. The van der Waals surface area contributed by atoms with E-state index in [0.717, 1.165) is 19.3 Å². The molecular formula is C19H25N. The Bertz CT molecular complexity index is 532. The van der Waals surface area contributed by atoms with Crippen molar-refractivity contribution >= 4 is 0 Å². The Kier molecular flexibility index (Phi) is 4.97. The first-order valence-corrected chi connectivity index (χ1v) is 7.52. The van der Waals surface area contributed by atoms with Crippen LogP contribution in [0.15, 0.2) is 54.6 Å². The molecule has 2 N–H and O–H groups in total. The monoisotopic (exact) mass is 267 g/mol. The van der Waals surface area contributed by atoms with Crippen molar-refractivity contribution in [1.82, 2.24) is 0 Å². The van der Waals surface area contributed by atoms with Crippen LogP contribution in [0.2, 0.25) is 0 Å². The Balaban J connectivity index is 2.42. The average molecular weight is 267 g/mol. The molecule has 0 aliphatic rings. The quantitative estimate of drug-likeness (QED) is 0.832. The maximum absolute atomic E-state index is 6.24. The smallest absolute Gasteiger partial charge is 0.0118 e. The van der Waals surface area contributed by atoms with E-state index in [0.29, 0.717) is 6.54 Å². The summed E-state index contributed by atoms with van der Waals surface area (Å²) < 4.78 is 0. The number of benzene rings is 2. The topological polar surface area (TPSA) is 26.0 Å². The van der Waals surface area contributed by atoms with E-state index >= 15 is 0 Å². The van der Waals surface area contributed by atoms with Crippen molar-refractivity contribution in [2.75, 3.05) is 6.54 Å². The Hall–Kier alpha value is -1.60. The molecule has 1 nitrogen and oxygen atoms in total. The molecule has 1 atom stereocenters. The number of hydrogen-bond acceptors (Lipinski definition) is 1. The number of hydrogen-bond donors (Lipinski definition) is 1. The third kappa shape index (κ3) is 3.10. The van der Waals surface area contributed by atoms with E-state index in [1.54, 1.807) is 0 Å². The Labute approximate surface area is 122 Å². The van der Waals surface area contributed by atoms with E-state index in [9.17, 15) is 0 Å². The van der Waals surface area contributed by atoms with Gasteiger partial charge < -0.3 is 5.73 Å². The summed E-state index contributed by atoms with van der Waals surface area (Å²) in [6, 6.07) is 19.4. The van der Waals surface area contributed by atoms with Gasteiger partial charge in [0.2, 0.25) is 0 Å². The van der Waals surface area contributed by atoms with Gasteiger partial charge in [0.1, 0.15) is 0 Å². The molecule has 2 rings (SSSR count). The highest BCUT2D eigenvalue weighted by Crippen LogP contribution is 2.34. The molecule has 0 saturated carbocycles. The molecule has 0 fully saturated rings. The minimum Gasteiger partial charge on any atom is -0.330 e. The molecule has 106 valence electrons. The van der Waals surface area contributed by atoms with Crippen LogP contribution < -0.4 is 5.73 Å². The van der Waals surface area contributed by atoms with Gasteiger partial charge in [-0.05, 0) is 36.5 Å². The van der Waals surface area contributed by atoms with Crippen molar-refractivity contribution < 1.29 is 0 Å². The second-order valence-corrected chi connectivity index (χ2v) is 5.71. The van der Waals surface area contributed by atoms with Crippen molar-refractivity contribution in [1.29, 1.82) is 0 Å². The molecule has 0 radical (unpaired) electrons. The average Bonchev–Trinajstić information content (AvgIpc) is 2.48. The van der Waals surface area contributed by atoms with Gasteiger partial charge in [-0.2, -0.15) is 0 Å². The summed E-state index contributed by atoms with van der Waals surface area (Å²) in [7, 11) is 0. The molecule has 2 aromatic carbocycles. The highest BCUT2D eigenvalue weighted by atomic mass is 14.6. The molecule has 0 heterocycles. The summed E-state index contributed by atoms with van der Waals surface area (Å²) in [6.45, 7) is 5.13. The number of nitrogens with two attached hydrogens (primary N) is 1. The molecular weight excluding hydrogens is 242 g/mol. The largest absolute Gasteiger partial charge is 0.330 e. The van der Waals surface area contributed by atoms with Crippen LogP contribution >= 0.6 is 0 Å². The van der Waals surface area contributed by atoms with Crippen LogP contribution in [0.5, 0.6) is 0 Å². The summed E-state index contributed by atoms with van der Waals surface area (Å²) >= 11 is 0. The molecule has 0 bridgehead atoms. The van der Waals surface area contributed by atoms with Gasteiger partial charge in [-0.25, -0.2) is 0 Å². The van der Waals surface area contributed by atoms with Gasteiger partial charge in [0.25, 0.3) is 0 Å². The summed E-state index contributed by atoms with van der Waals surface area (Å²) in [4.78, 5) is 0. The number of rotatable bonds is 6. The molecule has 0 saturated heterocycles. The molecule has 0 spiro atoms. The molecule has 0 aliphatic heterocycles. The lowest BCUT2D eigenvalue weighted by Gasteiger charge is -2.34. The zero-order valence-electron chi connectivity index (χ0n) is 12.6. The molecule has 0 amide bonds. The molecule has 1 unspecified atom stereocenters. The van der Waals surface area contributed by atoms with E-state index in [2.05, 4.69) is 68.4 Å². The first kappa shape index (κ1) is 14.8. The fourth-order valence-electron chi connectivity index (χ4n) is 3.24. The van der Waals surface area contributed by atoms with Crippen LogP contribution in [0.1, 0.15) is 36.5 Å². The minimum absolute atomic E-state index is 0.0570. The lowest BCUT2D eigenvalue weighted by molar-refractivity contribution is 0.393. The van der Waals surface area contributed by atoms with E-state index in [-0.39, 0.29) is 5.41 Å². The zero-order valence-corrected chi connectivity index (χ0v) is 12.6. The lowest BCUT2D eigenvalue weighted by atomic mass is 9.71. The standard InChI is InChI=1S/C19H25N/c1-3-13-19(15-20,14-17-10-5-4-6-11-17)18-12-8-7-9-16(18)2/h4-12H,3,13-15,20H2,1-2H3. The van der Waals surface area contributed by atoms with Crippen molar-refractivity contribution in [3.8, 4) is 0 Å². The normalized spacial score (nSPS) is 13.9. The molecule has 1 heteroatoms. The first-order chi connectivity index (χ1) is 9.72. The van der Waals surface area contributed by atoms with Gasteiger partial charge in [-0.1, -0.05) is 67.9 Å². The highest BCUT2D eigenvalue weighted by Gasteiger charge is 2.31. The van der Waals surface area contributed by atoms with E-state index in [4.69, 9.17) is 5.73 Å². The van der Waals surface area contributed by atoms with Crippen molar-refractivity contribution in [2.45, 2.75) is 38.5 Å². The second kappa shape index (κ2) is 6.71. The molecule has 2 aromatic rings. The van der Waals surface area contributed by atoms with Crippen LogP contribution in [0.25, 0.3) is 0 Å². The van der Waals surface area contributed by atoms with Crippen LogP contribution in [-0.4, -0.2) is 6.54 Å². The van der Waals surface area contributed by atoms with Crippen molar-refractivity contribution in [3.05, 3.63) is 71.3 Å². The van der Waals surface area contributed by atoms with Gasteiger partial charge >= 0.3 is 0 Å². The summed E-state index contributed by atoms with van der Waals surface area (Å²) in [5.74, 6) is 0. The fraction of sp³-hybridized carbons (Fsp3) is 0.368. The third-order valence-electron chi connectivity index (χ3n) is 4.22. The summed E-state index contributed by atoms with van der Waals surface area (Å²) in [5, 5.41) is 0. The van der Waals surface area contributed by atoms with Gasteiger partial charge in [-0.15, -0.1) is 0 Å². The van der Waals surface area contributed by atoms with E-state index in [1.807, 2.05) is 0 Å². The van der Waals surface area contributed by atoms with Crippen molar-refractivity contribution in [3.63, 3.8) is 0 Å². The van der Waals surface area contributed by atoms with Crippen LogP contribution in [0.3, 0.4) is 0 Å². The van der Waals surface area contributed by atoms with Crippen LogP contribution in [0.4, 0.5) is 0 Å². The Morgan fingerprint density at radius 1 is 0.950 bits per heavy atom. The number of aryl methyl sites for hydroxylation is 1. The van der Waals surface area contributed by atoms with Crippen LogP contribution in [-0.2, 0) is 11.8 Å². The third-order valence-corrected chi connectivity index (χ3v) is 4.22. The van der Waals surface area contributed by atoms with Crippen LogP contribution in [0, 0.1) is 6.92 Å². The van der Waals surface area contributed by atoms with Crippen molar-refractivity contribution in [2.24, 2.45) is 5.73 Å². The Morgan fingerprint density at radius 2 is 1.60 bits per heavy atom. The lowest BCUT2D eigenvalue weighted by Crippen LogP contribution is -2.38. The summed E-state index contributed by atoms with van der Waals surface area (Å²) in [6.07, 6.45) is 3.30. The van der Waals surface area contributed by atoms with Gasteiger partial charge in [-0.3, -0.25) is 0 Å². The zero-order chi connectivity index (χ0) is 14.4. The molecule has 0 aromatic heterocycles. The highest BCUT2D eigenvalue weighted by molar-refractivity contribution is 5.36. The summed E-state index contributed by atoms with van der Waals surface area (Å²) in [5.41, 5.74) is 10.4. The predicted octanol–water partition coefficient (Wildman–Crippen LogP) is 4.23. The maximum atomic E-state index is 6.24. The SMILES string of the molecule is CCCC(CN)(Cc1ccccc1)c1ccccc1C. The van der Waals surface area contributed by atoms with Gasteiger partial charge in [0.05, 0.1) is 0 Å². The van der Waals surface area contributed by atoms with Gasteiger partial charge in [0, 0.05) is 12.0 Å². The minimum atomic E-state index is 0.0570. The van der Waals surface area contributed by atoms with Gasteiger partial charge in [0.15, 0.2) is 0 Å².